The van der Waals surface area contributed by atoms with E-state index in [0.717, 1.165) is 22.6 Å². The lowest BCUT2D eigenvalue weighted by atomic mass is 10.2. The summed E-state index contributed by atoms with van der Waals surface area (Å²) < 4.78 is 4.96. The molecule has 0 aliphatic carbocycles. The number of nitro groups is 1. The van der Waals surface area contributed by atoms with Gasteiger partial charge in [-0.1, -0.05) is 11.6 Å². The topological polar surface area (TPSA) is 89.8 Å². The van der Waals surface area contributed by atoms with E-state index in [1.54, 1.807) is 18.4 Å². The Morgan fingerprint density at radius 2 is 2.08 bits per heavy atom. The van der Waals surface area contributed by atoms with Crippen LogP contribution < -0.4 is 0 Å². The summed E-state index contributed by atoms with van der Waals surface area (Å²) in [4.78, 5) is 36.6. The second-order valence-corrected chi connectivity index (χ2v) is 6.68. The molecule has 7 nitrogen and oxygen atoms in total. The lowest BCUT2D eigenvalue weighted by Crippen LogP contribution is -2.30. The molecule has 0 radical (unpaired) electrons. The summed E-state index contributed by atoms with van der Waals surface area (Å²) in [6.07, 6.45) is 0. The fraction of sp³-hybridized carbons (Fsp3) is 0.250. The molecule has 9 heteroatoms. The molecule has 25 heavy (non-hydrogen) atoms. The Morgan fingerprint density at radius 3 is 2.64 bits per heavy atom. The molecule has 0 unspecified atom stereocenters. The first-order chi connectivity index (χ1) is 11.8. The first kappa shape index (κ1) is 18.9. The van der Waals surface area contributed by atoms with E-state index in [4.69, 9.17) is 16.3 Å². The standard InChI is InChI=1S/C16H15ClN2O5S/c1-10-5-6-25-14(10)8-18(2)15(20)9-24-16(21)12-4-3-11(19(22)23)7-13(12)17/h3-7H,8-9H2,1-2H3. The number of esters is 1. The van der Waals surface area contributed by atoms with Gasteiger partial charge >= 0.3 is 5.97 Å². The van der Waals surface area contributed by atoms with Gasteiger partial charge in [0.25, 0.3) is 11.6 Å². The second-order valence-electron chi connectivity index (χ2n) is 5.27. The number of likely N-dealkylation sites (N-methyl/N-ethyl adjacent to an activating group) is 1. The van der Waals surface area contributed by atoms with Crippen LogP contribution in [0, 0.1) is 17.0 Å². The van der Waals surface area contributed by atoms with Crippen molar-refractivity contribution < 1.29 is 19.2 Å². The Kier molecular flexibility index (Phi) is 6.11. The lowest BCUT2D eigenvalue weighted by Gasteiger charge is -2.17. The van der Waals surface area contributed by atoms with E-state index in [9.17, 15) is 19.7 Å². The average molecular weight is 383 g/mol. The number of thiophene rings is 1. The smallest absolute Gasteiger partial charge is 0.340 e. The van der Waals surface area contributed by atoms with Crippen LogP contribution in [0.3, 0.4) is 0 Å². The maximum atomic E-state index is 12.1. The number of carbonyl (C=O) groups excluding carboxylic acids is 2. The van der Waals surface area contributed by atoms with Gasteiger partial charge in [0.05, 0.1) is 22.1 Å². The third-order valence-corrected chi connectivity index (χ3v) is 4.81. The molecule has 0 N–H and O–H groups in total. The molecule has 0 fully saturated rings. The van der Waals surface area contributed by atoms with Gasteiger partial charge in [-0.25, -0.2) is 4.79 Å². The highest BCUT2D eigenvalue weighted by molar-refractivity contribution is 7.10. The van der Waals surface area contributed by atoms with Crippen LogP contribution in [0.5, 0.6) is 0 Å². The number of hydrogen-bond donors (Lipinski definition) is 0. The molecule has 1 aromatic heterocycles. The van der Waals surface area contributed by atoms with Gasteiger partial charge in [-0.15, -0.1) is 11.3 Å². The molecule has 132 valence electrons. The molecule has 0 saturated heterocycles. The molecular formula is C16H15ClN2O5S. The minimum absolute atomic E-state index is 0.0307. The minimum atomic E-state index is -0.811. The van der Waals surface area contributed by atoms with Gasteiger partial charge < -0.3 is 9.64 Å². The Labute approximate surface area is 152 Å². The van der Waals surface area contributed by atoms with E-state index in [2.05, 4.69) is 0 Å². The molecule has 0 atom stereocenters. The number of hydrogen-bond acceptors (Lipinski definition) is 6. The van der Waals surface area contributed by atoms with Crippen molar-refractivity contribution in [2.75, 3.05) is 13.7 Å². The van der Waals surface area contributed by atoms with Crippen LogP contribution in [0.1, 0.15) is 20.8 Å². The molecule has 0 aliphatic rings. The quantitative estimate of drug-likeness (QED) is 0.433. The van der Waals surface area contributed by atoms with Crippen molar-refractivity contribution in [1.29, 1.82) is 0 Å². The summed E-state index contributed by atoms with van der Waals surface area (Å²) in [6.45, 7) is 1.95. The Balaban J connectivity index is 1.94. The van der Waals surface area contributed by atoms with Gasteiger partial charge in [0.1, 0.15) is 0 Å². The van der Waals surface area contributed by atoms with Crippen molar-refractivity contribution in [2.45, 2.75) is 13.5 Å². The molecule has 0 spiro atoms. The zero-order valence-corrected chi connectivity index (χ0v) is 15.1. The van der Waals surface area contributed by atoms with Gasteiger partial charge in [-0.3, -0.25) is 14.9 Å². The van der Waals surface area contributed by atoms with Crippen molar-refractivity contribution in [3.8, 4) is 0 Å². The van der Waals surface area contributed by atoms with Crippen LogP contribution in [0.4, 0.5) is 5.69 Å². The molecule has 2 rings (SSSR count). The highest BCUT2D eigenvalue weighted by Crippen LogP contribution is 2.23. The Hall–Kier alpha value is -2.45. The third-order valence-electron chi connectivity index (χ3n) is 3.48. The fourth-order valence-electron chi connectivity index (χ4n) is 1.97. The molecule has 0 saturated carbocycles. The van der Waals surface area contributed by atoms with Crippen LogP contribution in [-0.2, 0) is 16.1 Å². The summed E-state index contributed by atoms with van der Waals surface area (Å²) >= 11 is 7.41. The van der Waals surface area contributed by atoms with Crippen LogP contribution in [-0.4, -0.2) is 35.4 Å². The normalized spacial score (nSPS) is 10.4. The summed E-state index contributed by atoms with van der Waals surface area (Å²) in [5.41, 5.74) is 0.833. The monoisotopic (exact) mass is 382 g/mol. The molecule has 1 heterocycles. The number of ether oxygens (including phenoxy) is 1. The van der Waals surface area contributed by atoms with Crippen molar-refractivity contribution in [2.24, 2.45) is 0 Å². The van der Waals surface area contributed by atoms with E-state index in [1.165, 1.54) is 11.0 Å². The molecule has 1 amide bonds. The van der Waals surface area contributed by atoms with Gasteiger partial charge in [-0.2, -0.15) is 0 Å². The van der Waals surface area contributed by atoms with E-state index in [0.29, 0.717) is 6.54 Å². The zero-order valence-electron chi connectivity index (χ0n) is 13.5. The number of halogens is 1. The number of aryl methyl sites for hydroxylation is 1. The van der Waals surface area contributed by atoms with Gasteiger partial charge in [0.2, 0.25) is 0 Å². The van der Waals surface area contributed by atoms with Crippen molar-refractivity contribution in [3.05, 3.63) is 60.8 Å². The van der Waals surface area contributed by atoms with E-state index < -0.39 is 17.5 Å². The molecule has 0 aliphatic heterocycles. The van der Waals surface area contributed by atoms with Crippen molar-refractivity contribution >= 4 is 40.5 Å². The van der Waals surface area contributed by atoms with Crippen molar-refractivity contribution in [1.82, 2.24) is 4.90 Å². The summed E-state index contributed by atoms with van der Waals surface area (Å²) in [7, 11) is 1.62. The predicted octanol–water partition coefficient (Wildman–Crippen LogP) is 3.43. The third kappa shape index (κ3) is 4.77. The first-order valence-corrected chi connectivity index (χ1v) is 8.43. The number of non-ortho nitro benzene ring substituents is 1. The summed E-state index contributed by atoms with van der Waals surface area (Å²) in [5.74, 6) is -1.17. The highest BCUT2D eigenvalue weighted by atomic mass is 35.5. The predicted molar refractivity (Wildman–Crippen MR) is 93.9 cm³/mol. The first-order valence-electron chi connectivity index (χ1n) is 7.17. The molecule has 0 bridgehead atoms. The largest absolute Gasteiger partial charge is 0.452 e. The van der Waals surface area contributed by atoms with E-state index in [1.807, 2.05) is 18.4 Å². The SMILES string of the molecule is Cc1ccsc1CN(C)C(=O)COC(=O)c1ccc([N+](=O)[O-])cc1Cl. The summed E-state index contributed by atoms with van der Waals surface area (Å²) in [5, 5.41) is 12.5. The van der Waals surface area contributed by atoms with Crippen LogP contribution in [0.15, 0.2) is 29.6 Å². The number of nitro benzene ring substituents is 1. The van der Waals surface area contributed by atoms with Gasteiger partial charge in [0.15, 0.2) is 6.61 Å². The number of rotatable bonds is 6. The Morgan fingerprint density at radius 1 is 1.36 bits per heavy atom. The average Bonchev–Trinajstić information content (AvgIpc) is 2.96. The fourth-order valence-corrected chi connectivity index (χ4v) is 3.18. The van der Waals surface area contributed by atoms with E-state index >= 15 is 0 Å². The molecule has 1 aromatic carbocycles. The maximum Gasteiger partial charge on any atom is 0.340 e. The van der Waals surface area contributed by atoms with E-state index in [-0.39, 0.29) is 22.2 Å². The second kappa shape index (κ2) is 8.09. The lowest BCUT2D eigenvalue weighted by molar-refractivity contribution is -0.384. The highest BCUT2D eigenvalue weighted by Gasteiger charge is 2.18. The van der Waals surface area contributed by atoms with Crippen LogP contribution in [0.25, 0.3) is 0 Å². The van der Waals surface area contributed by atoms with Crippen LogP contribution in [0.2, 0.25) is 5.02 Å². The number of nitrogens with zero attached hydrogens (tertiary/aromatic N) is 2. The molecule has 2 aromatic rings. The Bertz CT molecular complexity index is 821. The number of carbonyl (C=O) groups is 2. The zero-order chi connectivity index (χ0) is 18.6. The van der Waals surface area contributed by atoms with Crippen molar-refractivity contribution in [3.63, 3.8) is 0 Å². The van der Waals surface area contributed by atoms with Crippen LogP contribution >= 0.6 is 22.9 Å². The van der Waals surface area contributed by atoms with Gasteiger partial charge in [-0.05, 0) is 30.0 Å². The molecular weight excluding hydrogens is 368 g/mol. The number of benzene rings is 1. The minimum Gasteiger partial charge on any atom is -0.452 e. The number of amides is 1. The maximum absolute atomic E-state index is 12.1. The summed E-state index contributed by atoms with van der Waals surface area (Å²) in [6, 6.07) is 5.38. The van der Waals surface area contributed by atoms with Gasteiger partial charge in [0, 0.05) is 24.1 Å².